The Kier molecular flexibility index (Phi) is 9.72. The van der Waals surface area contributed by atoms with Crippen LogP contribution in [0.4, 0.5) is 10.1 Å². The summed E-state index contributed by atoms with van der Waals surface area (Å²) in [4.78, 5) is 31.3. The predicted molar refractivity (Wildman–Crippen MR) is 117 cm³/mol. The van der Waals surface area contributed by atoms with Crippen LogP contribution < -0.4 is 4.90 Å². The Labute approximate surface area is 180 Å². The highest BCUT2D eigenvalue weighted by molar-refractivity contribution is 5.95. The monoisotopic (exact) mass is 421 g/mol. The first-order valence-electron chi connectivity index (χ1n) is 10.9. The molecule has 30 heavy (non-hydrogen) atoms. The van der Waals surface area contributed by atoms with E-state index < -0.39 is 0 Å². The molecule has 1 aliphatic rings. The van der Waals surface area contributed by atoms with Crippen LogP contribution in [0.25, 0.3) is 0 Å². The Morgan fingerprint density at radius 1 is 1.10 bits per heavy atom. The number of carbonyl (C=O) groups excluding carboxylic acids is 2. The molecule has 0 radical (unpaired) electrons. The molecule has 2 amide bonds. The maximum Gasteiger partial charge on any atom is 0.252 e. The van der Waals surface area contributed by atoms with Gasteiger partial charge < -0.3 is 19.4 Å². The average molecular weight is 422 g/mol. The third kappa shape index (κ3) is 7.06. The minimum Gasteiger partial charge on any atom is -0.375 e. The molecule has 1 aromatic carbocycles. The van der Waals surface area contributed by atoms with Gasteiger partial charge >= 0.3 is 0 Å². The van der Waals surface area contributed by atoms with E-state index in [1.807, 2.05) is 6.92 Å². The fourth-order valence-corrected chi connectivity index (χ4v) is 3.99. The van der Waals surface area contributed by atoms with Crippen molar-refractivity contribution in [1.82, 2.24) is 9.80 Å². The Bertz CT molecular complexity index is 711. The number of halogens is 1. The van der Waals surface area contributed by atoms with E-state index in [0.717, 1.165) is 32.5 Å². The second-order valence-corrected chi connectivity index (χ2v) is 8.32. The lowest BCUT2D eigenvalue weighted by atomic mass is 10.1. The molecule has 0 N–H and O–H groups in total. The van der Waals surface area contributed by atoms with E-state index in [2.05, 4.69) is 18.7 Å². The maximum atomic E-state index is 14.1. The molecular formula is C23H36FN3O3. The van der Waals surface area contributed by atoms with Gasteiger partial charge in [-0.15, -0.1) is 0 Å². The van der Waals surface area contributed by atoms with Gasteiger partial charge in [0.25, 0.3) is 5.91 Å². The third-order valence-corrected chi connectivity index (χ3v) is 5.30. The van der Waals surface area contributed by atoms with Crippen molar-refractivity contribution in [3.63, 3.8) is 0 Å². The highest BCUT2D eigenvalue weighted by Crippen LogP contribution is 2.25. The first-order valence-corrected chi connectivity index (χ1v) is 10.9. The summed E-state index contributed by atoms with van der Waals surface area (Å²) in [5.74, 6) is 0.0480. The summed E-state index contributed by atoms with van der Waals surface area (Å²) in [6.45, 7) is 10.4. The van der Waals surface area contributed by atoms with Crippen LogP contribution in [0.2, 0.25) is 0 Å². The first-order chi connectivity index (χ1) is 14.3. The van der Waals surface area contributed by atoms with Crippen LogP contribution >= 0.6 is 0 Å². The average Bonchev–Trinajstić information content (AvgIpc) is 2.69. The van der Waals surface area contributed by atoms with Crippen molar-refractivity contribution in [2.45, 2.75) is 46.6 Å². The van der Waals surface area contributed by atoms with Gasteiger partial charge in [-0.2, -0.15) is 0 Å². The smallest absolute Gasteiger partial charge is 0.252 e. The molecule has 1 aliphatic heterocycles. The number of rotatable bonds is 5. The summed E-state index contributed by atoms with van der Waals surface area (Å²) in [6.07, 6.45) is 2.08. The molecule has 2 rings (SSSR count). The summed E-state index contributed by atoms with van der Waals surface area (Å²) in [5, 5.41) is 0. The van der Waals surface area contributed by atoms with E-state index in [1.54, 1.807) is 15.9 Å². The molecular weight excluding hydrogens is 385 g/mol. The van der Waals surface area contributed by atoms with Crippen LogP contribution in [0.15, 0.2) is 18.2 Å². The summed E-state index contributed by atoms with van der Waals surface area (Å²) >= 11 is 0. The minimum absolute atomic E-state index is 0.0347. The molecule has 1 aromatic rings. The van der Waals surface area contributed by atoms with Gasteiger partial charge in [0.2, 0.25) is 5.91 Å². The molecule has 168 valence electrons. The highest BCUT2D eigenvalue weighted by Gasteiger charge is 2.23. The summed E-state index contributed by atoms with van der Waals surface area (Å²) in [6, 6.07) is 4.45. The molecule has 0 bridgehead atoms. The molecule has 0 saturated carbocycles. The fourth-order valence-electron chi connectivity index (χ4n) is 3.99. The molecule has 0 aromatic heterocycles. The number of fused-ring (bicyclic) bond motifs is 1. The molecule has 0 atom stereocenters. The van der Waals surface area contributed by atoms with Crippen molar-refractivity contribution in [2.24, 2.45) is 5.92 Å². The standard InChI is InChI=1S/C23H36FN3O3/c1-5-22(28)26-12-6-10-25(15-18(2)3)11-7-13-27(23(29)17-30-4)21-9-8-20(24)14-19(21)16-26/h8-9,14,18H,5-7,10-13,15-17H2,1-4H3. The van der Waals surface area contributed by atoms with Gasteiger partial charge in [-0.3, -0.25) is 9.59 Å². The van der Waals surface area contributed by atoms with Gasteiger partial charge in [-0.1, -0.05) is 20.8 Å². The Morgan fingerprint density at radius 2 is 1.80 bits per heavy atom. The van der Waals surface area contributed by atoms with E-state index in [9.17, 15) is 14.0 Å². The highest BCUT2D eigenvalue weighted by atomic mass is 19.1. The van der Waals surface area contributed by atoms with Crippen molar-refractivity contribution in [1.29, 1.82) is 0 Å². The number of benzene rings is 1. The van der Waals surface area contributed by atoms with Crippen molar-refractivity contribution < 1.29 is 18.7 Å². The third-order valence-electron chi connectivity index (χ3n) is 5.30. The van der Waals surface area contributed by atoms with Gasteiger partial charge in [0.05, 0.1) is 0 Å². The number of nitrogens with zero attached hydrogens (tertiary/aromatic N) is 3. The number of hydrogen-bond donors (Lipinski definition) is 0. The van der Waals surface area contributed by atoms with Crippen LogP contribution in [-0.4, -0.2) is 68.1 Å². The predicted octanol–water partition coefficient (Wildman–Crippen LogP) is 3.30. The fraction of sp³-hybridized carbons (Fsp3) is 0.652. The lowest BCUT2D eigenvalue weighted by Crippen LogP contribution is -2.40. The van der Waals surface area contributed by atoms with Crippen molar-refractivity contribution in [3.05, 3.63) is 29.6 Å². The van der Waals surface area contributed by atoms with Crippen molar-refractivity contribution in [2.75, 3.05) is 51.3 Å². The van der Waals surface area contributed by atoms with Crippen molar-refractivity contribution >= 4 is 17.5 Å². The Hall–Kier alpha value is -1.99. The molecule has 0 spiro atoms. The first kappa shape index (κ1) is 24.3. The Balaban J connectivity index is 2.40. The number of ether oxygens (including phenoxy) is 1. The molecule has 6 nitrogen and oxygen atoms in total. The Morgan fingerprint density at radius 3 is 2.43 bits per heavy atom. The number of hydrogen-bond acceptors (Lipinski definition) is 4. The molecule has 0 fully saturated rings. The maximum absolute atomic E-state index is 14.1. The lowest BCUT2D eigenvalue weighted by molar-refractivity contribution is -0.131. The van der Waals surface area contributed by atoms with E-state index in [-0.39, 0.29) is 24.2 Å². The summed E-state index contributed by atoms with van der Waals surface area (Å²) < 4.78 is 19.2. The lowest BCUT2D eigenvalue weighted by Gasteiger charge is -2.32. The number of methoxy groups -OCH3 is 1. The quantitative estimate of drug-likeness (QED) is 0.732. The van der Waals surface area contributed by atoms with Gasteiger partial charge in [0, 0.05) is 45.4 Å². The van der Waals surface area contributed by atoms with Gasteiger partial charge in [0.15, 0.2) is 0 Å². The zero-order valence-corrected chi connectivity index (χ0v) is 18.8. The van der Waals surface area contributed by atoms with Gasteiger partial charge in [-0.05, 0) is 55.6 Å². The molecule has 0 saturated heterocycles. The van der Waals surface area contributed by atoms with Crippen molar-refractivity contribution in [3.8, 4) is 0 Å². The zero-order valence-electron chi connectivity index (χ0n) is 18.8. The van der Waals surface area contributed by atoms with Crippen LogP contribution in [0, 0.1) is 11.7 Å². The van der Waals surface area contributed by atoms with Crippen LogP contribution in [0.1, 0.15) is 45.6 Å². The number of anilines is 1. The second kappa shape index (κ2) is 12.0. The molecule has 0 aliphatic carbocycles. The normalized spacial score (nSPS) is 16.7. The van der Waals surface area contributed by atoms with Gasteiger partial charge in [-0.25, -0.2) is 4.39 Å². The van der Waals surface area contributed by atoms with E-state index in [4.69, 9.17) is 4.74 Å². The van der Waals surface area contributed by atoms with Crippen LogP contribution in [0.5, 0.6) is 0 Å². The van der Waals surface area contributed by atoms with E-state index in [0.29, 0.717) is 43.2 Å². The topological polar surface area (TPSA) is 53.1 Å². The SMILES string of the molecule is CCC(=O)N1CCCN(CC(C)C)CCCN(C(=O)COC)c2ccc(F)cc2C1. The van der Waals surface area contributed by atoms with Crippen LogP contribution in [-0.2, 0) is 20.9 Å². The largest absolute Gasteiger partial charge is 0.375 e. The molecule has 7 heteroatoms. The number of carbonyl (C=O) groups is 2. The summed E-state index contributed by atoms with van der Waals surface area (Å²) in [5.41, 5.74) is 1.31. The number of amides is 2. The molecule has 0 unspecified atom stereocenters. The van der Waals surface area contributed by atoms with E-state index in [1.165, 1.54) is 19.2 Å². The second-order valence-electron chi connectivity index (χ2n) is 8.32. The van der Waals surface area contributed by atoms with E-state index >= 15 is 0 Å². The van der Waals surface area contributed by atoms with Crippen LogP contribution in [0.3, 0.4) is 0 Å². The minimum atomic E-state index is -0.369. The van der Waals surface area contributed by atoms with Gasteiger partial charge in [0.1, 0.15) is 12.4 Å². The zero-order chi connectivity index (χ0) is 22.1. The summed E-state index contributed by atoms with van der Waals surface area (Å²) in [7, 11) is 1.49. The molecule has 1 heterocycles.